The number of hydrogen-bond acceptors (Lipinski definition) is 6. The van der Waals surface area contributed by atoms with Crippen molar-refractivity contribution >= 4 is 23.4 Å². The monoisotopic (exact) mass is 344 g/mol. The van der Waals surface area contributed by atoms with Crippen LogP contribution in [0.1, 0.15) is 11.1 Å². The summed E-state index contributed by atoms with van der Waals surface area (Å²) < 4.78 is 5.33. The van der Waals surface area contributed by atoms with Crippen molar-refractivity contribution in [2.24, 2.45) is 0 Å². The Labute approximate surface area is 148 Å². The molecule has 1 aromatic carbocycles. The van der Waals surface area contributed by atoms with Gasteiger partial charge in [-0.25, -0.2) is 9.97 Å². The van der Waals surface area contributed by atoms with Crippen LogP contribution >= 0.6 is 11.8 Å². The van der Waals surface area contributed by atoms with Gasteiger partial charge in [0, 0.05) is 44.3 Å². The molecule has 1 aromatic heterocycles. The van der Waals surface area contributed by atoms with Crippen LogP contribution in [0, 0.1) is 6.92 Å². The quantitative estimate of drug-likeness (QED) is 0.831. The van der Waals surface area contributed by atoms with Gasteiger partial charge in [0.1, 0.15) is 23.7 Å². The highest BCUT2D eigenvalue weighted by Gasteiger charge is 2.14. The molecule has 24 heavy (non-hydrogen) atoms. The number of aryl methyl sites for hydroxylation is 1. The summed E-state index contributed by atoms with van der Waals surface area (Å²) >= 11 is 2.00. The Hall–Kier alpha value is -1.95. The Morgan fingerprint density at radius 2 is 2.00 bits per heavy atom. The SMILES string of the molecule is COc1ccc(CN(C)c2cc(N3CCSCC3)ncn2)cc1C. The predicted molar refractivity (Wildman–Crippen MR) is 101 cm³/mol. The largest absolute Gasteiger partial charge is 0.496 e. The lowest BCUT2D eigenvalue weighted by atomic mass is 10.1. The van der Waals surface area contributed by atoms with Gasteiger partial charge >= 0.3 is 0 Å². The third kappa shape index (κ3) is 3.93. The molecule has 3 rings (SSSR count). The smallest absolute Gasteiger partial charge is 0.134 e. The topological polar surface area (TPSA) is 41.5 Å². The second kappa shape index (κ2) is 7.75. The van der Waals surface area contributed by atoms with Crippen LogP contribution < -0.4 is 14.5 Å². The summed E-state index contributed by atoms with van der Waals surface area (Å²) in [7, 11) is 3.77. The summed E-state index contributed by atoms with van der Waals surface area (Å²) in [4.78, 5) is 13.4. The maximum Gasteiger partial charge on any atom is 0.134 e. The summed E-state index contributed by atoms with van der Waals surface area (Å²) in [6.45, 7) is 4.99. The Kier molecular flexibility index (Phi) is 5.45. The van der Waals surface area contributed by atoms with Crippen molar-refractivity contribution in [2.75, 3.05) is 48.6 Å². The second-order valence-electron chi connectivity index (χ2n) is 5.99. The van der Waals surface area contributed by atoms with E-state index in [1.807, 2.05) is 17.8 Å². The number of nitrogens with zero attached hydrogens (tertiary/aromatic N) is 4. The number of hydrogen-bond donors (Lipinski definition) is 0. The molecule has 0 radical (unpaired) electrons. The molecule has 128 valence electrons. The van der Waals surface area contributed by atoms with Gasteiger partial charge in [0.2, 0.25) is 0 Å². The Morgan fingerprint density at radius 3 is 2.71 bits per heavy atom. The molecule has 0 aliphatic carbocycles. The van der Waals surface area contributed by atoms with Gasteiger partial charge in [0.15, 0.2) is 0 Å². The van der Waals surface area contributed by atoms with E-state index < -0.39 is 0 Å². The highest BCUT2D eigenvalue weighted by atomic mass is 32.2. The highest BCUT2D eigenvalue weighted by Crippen LogP contribution is 2.23. The summed E-state index contributed by atoms with van der Waals surface area (Å²) in [5.74, 6) is 5.24. The van der Waals surface area contributed by atoms with Crippen LogP contribution in [0.3, 0.4) is 0 Å². The van der Waals surface area contributed by atoms with Gasteiger partial charge in [-0.05, 0) is 24.1 Å². The Balaban J connectivity index is 1.72. The number of rotatable bonds is 5. The van der Waals surface area contributed by atoms with E-state index in [2.05, 4.69) is 51.9 Å². The fourth-order valence-corrected chi connectivity index (χ4v) is 3.81. The molecule has 6 heteroatoms. The van der Waals surface area contributed by atoms with E-state index in [0.717, 1.165) is 42.6 Å². The van der Waals surface area contributed by atoms with Crippen molar-refractivity contribution in [3.05, 3.63) is 41.7 Å². The molecule has 1 saturated heterocycles. The van der Waals surface area contributed by atoms with E-state index in [9.17, 15) is 0 Å². The number of aromatic nitrogens is 2. The Bertz CT molecular complexity index is 688. The number of methoxy groups -OCH3 is 1. The normalized spacial score (nSPS) is 14.5. The highest BCUT2D eigenvalue weighted by molar-refractivity contribution is 7.99. The summed E-state index contributed by atoms with van der Waals surface area (Å²) in [6, 6.07) is 8.38. The molecular weight excluding hydrogens is 320 g/mol. The summed E-state index contributed by atoms with van der Waals surface area (Å²) in [6.07, 6.45) is 1.67. The lowest BCUT2D eigenvalue weighted by Crippen LogP contribution is -2.33. The van der Waals surface area contributed by atoms with Gasteiger partial charge < -0.3 is 14.5 Å². The average molecular weight is 344 g/mol. The summed E-state index contributed by atoms with van der Waals surface area (Å²) in [5.41, 5.74) is 2.39. The van der Waals surface area contributed by atoms with Gasteiger partial charge in [-0.2, -0.15) is 11.8 Å². The lowest BCUT2D eigenvalue weighted by molar-refractivity contribution is 0.411. The third-order valence-corrected chi connectivity index (χ3v) is 5.19. The zero-order valence-electron chi connectivity index (χ0n) is 14.5. The molecule has 1 fully saturated rings. The van der Waals surface area contributed by atoms with Crippen LogP contribution in [0.5, 0.6) is 5.75 Å². The van der Waals surface area contributed by atoms with Gasteiger partial charge in [0.25, 0.3) is 0 Å². The maximum atomic E-state index is 5.33. The molecule has 0 bridgehead atoms. The molecule has 0 atom stereocenters. The predicted octanol–water partition coefficient (Wildman–Crippen LogP) is 2.98. The zero-order valence-corrected chi connectivity index (χ0v) is 15.3. The summed E-state index contributed by atoms with van der Waals surface area (Å²) in [5, 5.41) is 0. The van der Waals surface area contributed by atoms with Crippen molar-refractivity contribution in [1.82, 2.24) is 9.97 Å². The molecule has 0 spiro atoms. The lowest BCUT2D eigenvalue weighted by Gasteiger charge is -2.28. The molecule has 0 saturated carbocycles. The third-order valence-electron chi connectivity index (χ3n) is 4.24. The minimum absolute atomic E-state index is 0.803. The molecule has 0 amide bonds. The van der Waals surface area contributed by atoms with Gasteiger partial charge in [-0.15, -0.1) is 0 Å². The first-order valence-electron chi connectivity index (χ1n) is 8.17. The maximum absolute atomic E-state index is 5.33. The van der Waals surface area contributed by atoms with Crippen LogP contribution in [0.25, 0.3) is 0 Å². The molecule has 1 aliphatic heterocycles. The van der Waals surface area contributed by atoms with Crippen molar-refractivity contribution < 1.29 is 4.74 Å². The first-order chi connectivity index (χ1) is 11.7. The van der Waals surface area contributed by atoms with Crippen molar-refractivity contribution in [2.45, 2.75) is 13.5 Å². The van der Waals surface area contributed by atoms with Gasteiger partial charge in [-0.1, -0.05) is 12.1 Å². The molecule has 0 unspecified atom stereocenters. The fraction of sp³-hybridized carbons (Fsp3) is 0.444. The minimum Gasteiger partial charge on any atom is -0.496 e. The van der Waals surface area contributed by atoms with Crippen LogP contribution in [0.2, 0.25) is 0 Å². The molecule has 1 aliphatic rings. The number of benzene rings is 1. The Morgan fingerprint density at radius 1 is 1.21 bits per heavy atom. The average Bonchev–Trinajstić information content (AvgIpc) is 2.63. The molecule has 2 aromatic rings. The number of anilines is 2. The fourth-order valence-electron chi connectivity index (χ4n) is 2.91. The first-order valence-corrected chi connectivity index (χ1v) is 9.32. The van der Waals surface area contributed by atoms with E-state index in [-0.39, 0.29) is 0 Å². The first kappa shape index (κ1) is 16.9. The number of ether oxygens (including phenoxy) is 1. The molecule has 5 nitrogen and oxygen atoms in total. The van der Waals surface area contributed by atoms with Crippen LogP contribution in [0.15, 0.2) is 30.6 Å². The molecule has 0 N–H and O–H groups in total. The van der Waals surface area contributed by atoms with Crippen LogP contribution in [0.4, 0.5) is 11.6 Å². The standard InChI is InChI=1S/C18H24N4OS/c1-14-10-15(4-5-16(14)23-3)12-21(2)17-11-18(20-13-19-17)22-6-8-24-9-7-22/h4-5,10-11,13H,6-9,12H2,1-3H3. The minimum atomic E-state index is 0.803. The molecular formula is C18H24N4OS. The van der Waals surface area contributed by atoms with E-state index in [0.29, 0.717) is 0 Å². The van der Waals surface area contributed by atoms with Crippen molar-refractivity contribution in [3.63, 3.8) is 0 Å². The van der Waals surface area contributed by atoms with Crippen molar-refractivity contribution in [3.8, 4) is 5.75 Å². The van der Waals surface area contributed by atoms with E-state index in [4.69, 9.17) is 4.74 Å². The molecule has 2 heterocycles. The van der Waals surface area contributed by atoms with Crippen LogP contribution in [-0.4, -0.2) is 48.7 Å². The van der Waals surface area contributed by atoms with Gasteiger partial charge in [0.05, 0.1) is 7.11 Å². The zero-order chi connectivity index (χ0) is 16.9. The second-order valence-corrected chi connectivity index (χ2v) is 7.22. The van der Waals surface area contributed by atoms with Gasteiger partial charge in [-0.3, -0.25) is 0 Å². The van der Waals surface area contributed by atoms with E-state index in [1.165, 1.54) is 17.1 Å². The van der Waals surface area contributed by atoms with Crippen molar-refractivity contribution in [1.29, 1.82) is 0 Å². The van der Waals surface area contributed by atoms with E-state index >= 15 is 0 Å². The number of thioether (sulfide) groups is 1. The van der Waals surface area contributed by atoms with Crippen LogP contribution in [-0.2, 0) is 6.54 Å². The van der Waals surface area contributed by atoms with E-state index in [1.54, 1.807) is 13.4 Å².